The van der Waals surface area contributed by atoms with E-state index >= 15 is 0 Å². The van der Waals surface area contributed by atoms with Gasteiger partial charge in [-0.2, -0.15) is 0 Å². The van der Waals surface area contributed by atoms with E-state index in [1.54, 1.807) is 0 Å². The highest BCUT2D eigenvalue weighted by Gasteiger charge is 2.36. The van der Waals surface area contributed by atoms with Crippen molar-refractivity contribution in [3.63, 3.8) is 0 Å². The number of rotatable bonds is 5. The third kappa shape index (κ3) is 8.84. The first-order chi connectivity index (χ1) is 11.6. The third-order valence-corrected chi connectivity index (χ3v) is 6.46. The Morgan fingerprint density at radius 2 is 1.28 bits per heavy atom. The summed E-state index contributed by atoms with van der Waals surface area (Å²) in [6, 6.07) is 0. The normalized spacial score (nSPS) is 24.7. The van der Waals surface area contributed by atoms with Crippen molar-refractivity contribution < 1.29 is 13.5 Å². The minimum absolute atomic E-state index is 0.106. The molecule has 0 saturated heterocycles. The Balaban J connectivity index is 0.000000251. The monoisotopic (exact) mass is 360 g/mol. The van der Waals surface area contributed by atoms with E-state index in [-0.39, 0.29) is 12.8 Å². The summed E-state index contributed by atoms with van der Waals surface area (Å²) in [7, 11) is 0. The number of hydrogen-bond acceptors (Lipinski definition) is 1. The molecular weight excluding hydrogens is 318 g/mol. The zero-order valence-electron chi connectivity index (χ0n) is 17.5. The molecule has 150 valence electrons. The molecule has 2 aliphatic rings. The van der Waals surface area contributed by atoms with Crippen molar-refractivity contribution in [2.45, 2.75) is 117 Å². The van der Waals surface area contributed by atoms with Crippen LogP contribution in [0.15, 0.2) is 0 Å². The van der Waals surface area contributed by atoms with Crippen LogP contribution in [0.5, 0.6) is 0 Å². The van der Waals surface area contributed by atoms with Crippen molar-refractivity contribution in [3.8, 4) is 0 Å². The summed E-state index contributed by atoms with van der Waals surface area (Å²) in [5.74, 6) is 0.0343. The summed E-state index contributed by atoms with van der Waals surface area (Å²) in [6.07, 6.45) is 9.38. The molecule has 0 bridgehead atoms. The zero-order chi connectivity index (χ0) is 19.0. The van der Waals surface area contributed by atoms with Gasteiger partial charge in [-0.3, -0.25) is 0 Å². The molecule has 0 aromatic heterocycles. The number of ether oxygens (including phenoxy) is 1. The molecule has 2 unspecified atom stereocenters. The van der Waals surface area contributed by atoms with E-state index in [9.17, 15) is 8.78 Å². The predicted molar refractivity (Wildman–Crippen MR) is 103 cm³/mol. The largest absolute Gasteiger partial charge is 0.375 e. The molecule has 0 radical (unpaired) electrons. The molecule has 2 aliphatic carbocycles. The molecule has 25 heavy (non-hydrogen) atoms. The van der Waals surface area contributed by atoms with E-state index < -0.39 is 5.92 Å². The van der Waals surface area contributed by atoms with Gasteiger partial charge in [-0.15, -0.1) is 0 Å². The molecule has 2 atom stereocenters. The highest BCUT2D eigenvalue weighted by Crippen LogP contribution is 2.40. The Morgan fingerprint density at radius 3 is 1.72 bits per heavy atom. The first-order valence-corrected chi connectivity index (χ1v) is 10.7. The van der Waals surface area contributed by atoms with Crippen LogP contribution in [0.2, 0.25) is 0 Å². The molecule has 1 nitrogen and oxygen atoms in total. The third-order valence-electron chi connectivity index (χ3n) is 6.46. The fourth-order valence-corrected chi connectivity index (χ4v) is 3.79. The van der Waals surface area contributed by atoms with Gasteiger partial charge in [0.1, 0.15) is 0 Å². The van der Waals surface area contributed by atoms with Gasteiger partial charge >= 0.3 is 0 Å². The van der Waals surface area contributed by atoms with E-state index in [0.717, 1.165) is 0 Å². The molecule has 0 heterocycles. The lowest BCUT2D eigenvalue weighted by Crippen LogP contribution is -2.29. The zero-order valence-corrected chi connectivity index (χ0v) is 17.5. The van der Waals surface area contributed by atoms with E-state index in [1.807, 2.05) is 0 Å². The van der Waals surface area contributed by atoms with Crippen molar-refractivity contribution in [2.24, 2.45) is 23.7 Å². The molecular formula is C22H42F2O. The van der Waals surface area contributed by atoms with Gasteiger partial charge in [-0.1, -0.05) is 53.9 Å². The molecule has 0 aliphatic heterocycles. The first-order valence-electron chi connectivity index (χ1n) is 10.7. The van der Waals surface area contributed by atoms with Gasteiger partial charge in [0.2, 0.25) is 5.92 Å². The Hall–Kier alpha value is -0.180. The van der Waals surface area contributed by atoms with Gasteiger partial charge in [0.25, 0.3) is 0 Å². The van der Waals surface area contributed by atoms with Gasteiger partial charge in [-0.25, -0.2) is 8.78 Å². The van der Waals surface area contributed by atoms with Crippen LogP contribution in [0.4, 0.5) is 8.78 Å². The lowest BCUT2D eigenvalue weighted by Gasteiger charge is -2.33. The summed E-state index contributed by atoms with van der Waals surface area (Å²) in [6.45, 7) is 13.2. The van der Waals surface area contributed by atoms with Crippen LogP contribution in [0.1, 0.15) is 99.3 Å². The van der Waals surface area contributed by atoms with E-state index in [1.165, 1.54) is 32.1 Å². The van der Waals surface area contributed by atoms with Crippen LogP contribution in [0, 0.1) is 23.7 Å². The second-order valence-electron chi connectivity index (χ2n) is 9.14. The SMILES string of the molecule is CC(C)C(C)C1CCC(F)(F)CC1.CC(C)C(C)OC1CCCCC1. The summed E-state index contributed by atoms with van der Waals surface area (Å²) in [4.78, 5) is 0. The minimum Gasteiger partial charge on any atom is -0.375 e. The second kappa shape index (κ2) is 10.8. The average molecular weight is 361 g/mol. The summed E-state index contributed by atoms with van der Waals surface area (Å²) < 4.78 is 31.6. The fourth-order valence-electron chi connectivity index (χ4n) is 3.79. The van der Waals surface area contributed by atoms with Crippen LogP contribution in [-0.2, 0) is 4.74 Å². The molecule has 0 aromatic carbocycles. The average Bonchev–Trinajstić information content (AvgIpc) is 2.55. The highest BCUT2D eigenvalue weighted by atomic mass is 19.3. The lowest BCUT2D eigenvalue weighted by atomic mass is 9.75. The maximum atomic E-state index is 12.8. The van der Waals surface area contributed by atoms with Crippen LogP contribution >= 0.6 is 0 Å². The van der Waals surface area contributed by atoms with Gasteiger partial charge in [0.05, 0.1) is 12.2 Å². The van der Waals surface area contributed by atoms with Crippen molar-refractivity contribution in [1.29, 1.82) is 0 Å². The summed E-state index contributed by atoms with van der Waals surface area (Å²) >= 11 is 0. The number of hydrogen-bond donors (Lipinski definition) is 0. The summed E-state index contributed by atoms with van der Waals surface area (Å²) in [5, 5.41) is 0. The maximum absolute atomic E-state index is 12.8. The second-order valence-corrected chi connectivity index (χ2v) is 9.14. The highest BCUT2D eigenvalue weighted by molar-refractivity contribution is 4.81. The lowest BCUT2D eigenvalue weighted by molar-refractivity contribution is -0.0537. The Kier molecular flexibility index (Phi) is 9.92. The fraction of sp³-hybridized carbons (Fsp3) is 1.00. The Labute approximate surface area is 155 Å². The molecule has 0 spiro atoms. The quantitative estimate of drug-likeness (QED) is 0.493. The van der Waals surface area contributed by atoms with Crippen LogP contribution in [-0.4, -0.2) is 18.1 Å². The molecule has 3 heteroatoms. The van der Waals surface area contributed by atoms with Crippen molar-refractivity contribution in [2.75, 3.05) is 0 Å². The summed E-state index contributed by atoms with van der Waals surface area (Å²) in [5.41, 5.74) is 0. The van der Waals surface area contributed by atoms with E-state index in [4.69, 9.17) is 4.74 Å². The topological polar surface area (TPSA) is 9.23 Å². The van der Waals surface area contributed by atoms with E-state index in [0.29, 0.717) is 48.7 Å². The Bertz CT molecular complexity index is 338. The number of halogens is 2. The maximum Gasteiger partial charge on any atom is 0.248 e. The standard InChI is InChI=1S/C11H20F2.C11H22O/c1-8(2)9(3)10-4-6-11(12,13)7-5-10;1-9(2)10(3)12-11-7-5-4-6-8-11/h8-10H,4-7H2,1-3H3;9-11H,4-8H2,1-3H3. The van der Waals surface area contributed by atoms with Gasteiger partial charge in [0, 0.05) is 12.8 Å². The van der Waals surface area contributed by atoms with Crippen LogP contribution < -0.4 is 0 Å². The van der Waals surface area contributed by atoms with Crippen molar-refractivity contribution >= 4 is 0 Å². The van der Waals surface area contributed by atoms with Crippen LogP contribution in [0.3, 0.4) is 0 Å². The van der Waals surface area contributed by atoms with Crippen molar-refractivity contribution in [3.05, 3.63) is 0 Å². The Morgan fingerprint density at radius 1 is 0.760 bits per heavy atom. The minimum atomic E-state index is -2.37. The first kappa shape index (κ1) is 22.9. The van der Waals surface area contributed by atoms with Gasteiger partial charge in [0.15, 0.2) is 0 Å². The molecule has 0 amide bonds. The predicted octanol–water partition coefficient (Wildman–Crippen LogP) is 7.48. The van der Waals surface area contributed by atoms with E-state index in [2.05, 4.69) is 41.5 Å². The number of alkyl halides is 2. The molecule has 2 rings (SSSR count). The van der Waals surface area contributed by atoms with Crippen LogP contribution in [0.25, 0.3) is 0 Å². The van der Waals surface area contributed by atoms with Gasteiger partial charge in [-0.05, 0) is 56.3 Å². The van der Waals surface area contributed by atoms with Crippen molar-refractivity contribution in [1.82, 2.24) is 0 Å². The van der Waals surface area contributed by atoms with Gasteiger partial charge < -0.3 is 4.74 Å². The molecule has 0 N–H and O–H groups in total. The molecule has 0 aromatic rings. The molecule has 2 saturated carbocycles. The molecule has 2 fully saturated rings. The smallest absolute Gasteiger partial charge is 0.248 e.